The van der Waals surface area contributed by atoms with E-state index in [0.717, 1.165) is 19.4 Å². The van der Waals surface area contributed by atoms with E-state index in [2.05, 4.69) is 5.32 Å². The van der Waals surface area contributed by atoms with Crippen LogP contribution in [0.2, 0.25) is 0 Å². The molecule has 0 spiro atoms. The largest absolute Gasteiger partial charge is 0.377 e. The van der Waals surface area contributed by atoms with Crippen molar-refractivity contribution >= 4 is 17.3 Å². The van der Waals surface area contributed by atoms with E-state index in [0.29, 0.717) is 17.8 Å². The maximum Gasteiger partial charge on any atom is 0.292 e. The summed E-state index contributed by atoms with van der Waals surface area (Å²) in [6, 6.07) is 4.35. The van der Waals surface area contributed by atoms with Crippen molar-refractivity contribution in [3.8, 4) is 0 Å². The van der Waals surface area contributed by atoms with Crippen molar-refractivity contribution in [1.29, 1.82) is 0 Å². The zero-order chi connectivity index (χ0) is 15.4. The molecule has 7 heteroatoms. The van der Waals surface area contributed by atoms with E-state index in [-0.39, 0.29) is 17.7 Å². The lowest BCUT2D eigenvalue weighted by Gasteiger charge is -2.14. The molecule has 0 radical (unpaired) electrons. The van der Waals surface area contributed by atoms with Crippen molar-refractivity contribution in [3.63, 3.8) is 0 Å². The van der Waals surface area contributed by atoms with Crippen LogP contribution in [0.4, 0.5) is 11.4 Å². The molecule has 1 N–H and O–H groups in total. The number of anilines is 1. The molecule has 0 aliphatic carbocycles. The van der Waals surface area contributed by atoms with E-state index in [1.54, 1.807) is 14.1 Å². The summed E-state index contributed by atoms with van der Waals surface area (Å²) < 4.78 is 5.48. The number of hydrogen-bond acceptors (Lipinski definition) is 5. The Balaban J connectivity index is 2.19. The van der Waals surface area contributed by atoms with Crippen molar-refractivity contribution in [1.82, 2.24) is 4.90 Å². The molecule has 21 heavy (non-hydrogen) atoms. The highest BCUT2D eigenvalue weighted by Crippen LogP contribution is 2.26. The summed E-state index contributed by atoms with van der Waals surface area (Å²) in [7, 11) is 3.28. The second-order valence-electron chi connectivity index (χ2n) is 5.20. The van der Waals surface area contributed by atoms with Crippen molar-refractivity contribution < 1.29 is 14.5 Å². The molecule has 2 rings (SSSR count). The van der Waals surface area contributed by atoms with Gasteiger partial charge in [0, 0.05) is 38.9 Å². The van der Waals surface area contributed by atoms with Crippen LogP contribution in [0.5, 0.6) is 0 Å². The monoisotopic (exact) mass is 293 g/mol. The van der Waals surface area contributed by atoms with Crippen LogP contribution in [0.3, 0.4) is 0 Å². The highest BCUT2D eigenvalue weighted by Gasteiger charge is 2.20. The van der Waals surface area contributed by atoms with E-state index in [1.165, 1.54) is 23.1 Å². The molecule has 1 saturated heterocycles. The molecule has 1 heterocycles. The van der Waals surface area contributed by atoms with Gasteiger partial charge in [0.25, 0.3) is 11.6 Å². The number of hydrogen-bond donors (Lipinski definition) is 1. The zero-order valence-electron chi connectivity index (χ0n) is 12.2. The van der Waals surface area contributed by atoms with Gasteiger partial charge < -0.3 is 15.0 Å². The maximum absolute atomic E-state index is 11.9. The first-order valence-electron chi connectivity index (χ1n) is 6.84. The van der Waals surface area contributed by atoms with E-state index in [4.69, 9.17) is 4.74 Å². The van der Waals surface area contributed by atoms with Gasteiger partial charge in [-0.3, -0.25) is 14.9 Å². The topological polar surface area (TPSA) is 84.7 Å². The first kappa shape index (κ1) is 15.2. The third kappa shape index (κ3) is 3.69. The second kappa shape index (κ2) is 6.53. The summed E-state index contributed by atoms with van der Waals surface area (Å²) in [6.45, 7) is 1.23. The molecular weight excluding hydrogens is 274 g/mol. The average molecular weight is 293 g/mol. The number of nitrogens with one attached hydrogen (secondary N) is 1. The number of carbonyl (C=O) groups is 1. The van der Waals surface area contributed by atoms with Gasteiger partial charge in [0.1, 0.15) is 5.69 Å². The Bertz CT molecular complexity index is 539. The van der Waals surface area contributed by atoms with Gasteiger partial charge in [0.2, 0.25) is 0 Å². The van der Waals surface area contributed by atoms with Crippen LogP contribution in [-0.2, 0) is 4.74 Å². The number of nitrogens with zero attached hydrogens (tertiary/aromatic N) is 2. The molecule has 1 aliphatic rings. The molecule has 1 aromatic carbocycles. The normalized spacial score (nSPS) is 17.5. The first-order valence-corrected chi connectivity index (χ1v) is 6.84. The van der Waals surface area contributed by atoms with E-state index in [1.807, 2.05) is 0 Å². The van der Waals surface area contributed by atoms with Gasteiger partial charge in [-0.05, 0) is 25.0 Å². The summed E-state index contributed by atoms with van der Waals surface area (Å²) >= 11 is 0. The molecule has 0 bridgehead atoms. The summed E-state index contributed by atoms with van der Waals surface area (Å²) in [5.41, 5.74) is 0.729. The maximum atomic E-state index is 11.9. The van der Waals surface area contributed by atoms with Crippen molar-refractivity contribution in [2.75, 3.05) is 32.6 Å². The van der Waals surface area contributed by atoms with E-state index < -0.39 is 4.92 Å². The van der Waals surface area contributed by atoms with E-state index in [9.17, 15) is 14.9 Å². The van der Waals surface area contributed by atoms with Gasteiger partial charge in [-0.1, -0.05) is 0 Å². The van der Waals surface area contributed by atoms with Gasteiger partial charge in [0.05, 0.1) is 11.0 Å². The first-order chi connectivity index (χ1) is 9.99. The number of carbonyl (C=O) groups excluding carboxylic acids is 1. The predicted octanol–water partition coefficient (Wildman–Crippen LogP) is 1.89. The Morgan fingerprint density at radius 3 is 2.86 bits per heavy atom. The molecule has 114 valence electrons. The number of nitro groups is 1. The average Bonchev–Trinajstić information content (AvgIpc) is 2.97. The molecule has 7 nitrogen and oxygen atoms in total. The minimum atomic E-state index is -0.457. The SMILES string of the molecule is CN(C)C(=O)c1ccc([N+](=O)[O-])c(NCC2CCCO2)c1. The highest BCUT2D eigenvalue weighted by molar-refractivity contribution is 5.95. The van der Waals surface area contributed by atoms with Crippen LogP contribution in [0.1, 0.15) is 23.2 Å². The van der Waals surface area contributed by atoms with Crippen LogP contribution in [0, 0.1) is 10.1 Å². The molecule has 1 aromatic rings. The Hall–Kier alpha value is -2.15. The summed E-state index contributed by atoms with van der Waals surface area (Å²) in [5, 5.41) is 14.1. The predicted molar refractivity (Wildman–Crippen MR) is 78.6 cm³/mol. The second-order valence-corrected chi connectivity index (χ2v) is 5.20. The Morgan fingerprint density at radius 1 is 1.52 bits per heavy atom. The molecule has 0 aromatic heterocycles. The Labute approximate surface area is 123 Å². The molecule has 1 fully saturated rings. The van der Waals surface area contributed by atoms with Gasteiger partial charge in [0.15, 0.2) is 0 Å². The fourth-order valence-electron chi connectivity index (χ4n) is 2.26. The minimum Gasteiger partial charge on any atom is -0.377 e. The summed E-state index contributed by atoms with van der Waals surface area (Å²) in [6.07, 6.45) is 2.02. The molecule has 1 unspecified atom stereocenters. The third-order valence-electron chi connectivity index (χ3n) is 3.39. The molecule has 1 amide bonds. The van der Waals surface area contributed by atoms with E-state index >= 15 is 0 Å². The van der Waals surface area contributed by atoms with Gasteiger partial charge in [-0.2, -0.15) is 0 Å². The molecule has 1 aliphatic heterocycles. The number of benzene rings is 1. The quantitative estimate of drug-likeness (QED) is 0.662. The Kier molecular flexibility index (Phi) is 4.74. The van der Waals surface area contributed by atoms with Crippen molar-refractivity contribution in [2.24, 2.45) is 0 Å². The summed E-state index contributed by atoms with van der Waals surface area (Å²) in [4.78, 5) is 24.0. The number of ether oxygens (including phenoxy) is 1. The lowest BCUT2D eigenvalue weighted by molar-refractivity contribution is -0.384. The van der Waals surface area contributed by atoms with Crippen molar-refractivity contribution in [2.45, 2.75) is 18.9 Å². The van der Waals surface area contributed by atoms with Gasteiger partial charge in [-0.15, -0.1) is 0 Å². The lowest BCUT2D eigenvalue weighted by atomic mass is 10.1. The van der Waals surface area contributed by atoms with Crippen LogP contribution in [0.15, 0.2) is 18.2 Å². The van der Waals surface area contributed by atoms with Gasteiger partial charge >= 0.3 is 0 Å². The fraction of sp³-hybridized carbons (Fsp3) is 0.500. The lowest BCUT2D eigenvalue weighted by Crippen LogP contribution is -2.22. The zero-order valence-corrected chi connectivity index (χ0v) is 12.2. The number of amides is 1. The smallest absolute Gasteiger partial charge is 0.292 e. The fourth-order valence-corrected chi connectivity index (χ4v) is 2.26. The van der Waals surface area contributed by atoms with Crippen molar-refractivity contribution in [3.05, 3.63) is 33.9 Å². The van der Waals surface area contributed by atoms with Crippen LogP contribution in [0.25, 0.3) is 0 Å². The molecule has 0 saturated carbocycles. The third-order valence-corrected chi connectivity index (χ3v) is 3.39. The van der Waals surface area contributed by atoms with Crippen LogP contribution < -0.4 is 5.32 Å². The standard InChI is InChI=1S/C14H19N3O4/c1-16(2)14(18)10-5-6-13(17(19)20)12(8-10)15-9-11-4-3-7-21-11/h5-6,8,11,15H,3-4,7,9H2,1-2H3. The van der Waals surface area contributed by atoms with Crippen LogP contribution in [-0.4, -0.2) is 49.1 Å². The Morgan fingerprint density at radius 2 is 2.29 bits per heavy atom. The number of rotatable bonds is 5. The highest BCUT2D eigenvalue weighted by atomic mass is 16.6. The van der Waals surface area contributed by atoms with Gasteiger partial charge in [-0.25, -0.2) is 0 Å². The minimum absolute atomic E-state index is 0.0386. The van der Waals surface area contributed by atoms with Crippen LogP contribution >= 0.6 is 0 Å². The molecular formula is C14H19N3O4. The summed E-state index contributed by atoms with van der Waals surface area (Å²) in [5.74, 6) is -0.190. The molecule has 1 atom stereocenters. The number of nitro benzene ring substituents is 1.